The first-order valence-corrected chi connectivity index (χ1v) is 11.8. The summed E-state index contributed by atoms with van der Waals surface area (Å²) >= 11 is 0.726. The van der Waals surface area contributed by atoms with E-state index >= 15 is 0 Å². The Morgan fingerprint density at radius 3 is 2.30 bits per heavy atom. The molecule has 0 amide bonds. The third-order valence-corrected chi connectivity index (χ3v) is 6.92. The fourth-order valence-corrected chi connectivity index (χ4v) is 4.50. The van der Waals surface area contributed by atoms with Crippen molar-refractivity contribution in [2.45, 2.75) is 43.6 Å². The van der Waals surface area contributed by atoms with E-state index in [4.69, 9.17) is 5.11 Å². The summed E-state index contributed by atoms with van der Waals surface area (Å²) in [7, 11) is 0. The second kappa shape index (κ2) is 10.4. The van der Waals surface area contributed by atoms with E-state index in [1.165, 1.54) is 28.8 Å². The maximum atomic E-state index is 13.4. The van der Waals surface area contributed by atoms with Gasteiger partial charge >= 0.3 is 5.69 Å². The molecule has 0 aromatic heterocycles. The molecule has 3 atom stereocenters. The summed E-state index contributed by atoms with van der Waals surface area (Å²) in [6.07, 6.45) is -4.92. The van der Waals surface area contributed by atoms with E-state index in [-0.39, 0.29) is 23.8 Å². The normalized spacial score (nSPS) is 14.1. The van der Waals surface area contributed by atoms with Crippen LogP contribution in [0, 0.1) is 24.0 Å². The number of rotatable bonds is 8. The Hall–Kier alpha value is -3.69. The van der Waals surface area contributed by atoms with E-state index < -0.39 is 41.1 Å². The lowest BCUT2D eigenvalue weighted by Gasteiger charge is -2.25. The highest BCUT2D eigenvalue weighted by atomic mass is 32.2. The van der Waals surface area contributed by atoms with Crippen LogP contribution in [-0.4, -0.2) is 68.8 Å². The number of aliphatic hydroxyl groups is 4. The Morgan fingerprint density at radius 1 is 1.03 bits per heavy atom. The average molecular weight is 530 g/mol. The number of nitro benzene ring substituents is 1. The zero-order valence-electron chi connectivity index (χ0n) is 19.7. The molecule has 2 aliphatic rings. The molecule has 194 valence electrons. The second-order valence-electron chi connectivity index (χ2n) is 8.46. The van der Waals surface area contributed by atoms with Crippen LogP contribution in [0.15, 0.2) is 50.9 Å². The lowest BCUT2D eigenvalue weighted by Crippen LogP contribution is -2.42. The monoisotopic (exact) mass is 529 g/mol. The van der Waals surface area contributed by atoms with Gasteiger partial charge in [0.1, 0.15) is 18.3 Å². The summed E-state index contributed by atoms with van der Waals surface area (Å²) in [5.74, 6) is -0.143. The van der Waals surface area contributed by atoms with Crippen molar-refractivity contribution < 1.29 is 25.3 Å². The van der Waals surface area contributed by atoms with Gasteiger partial charge in [0.2, 0.25) is 0 Å². The minimum absolute atomic E-state index is 0.143. The molecule has 0 unspecified atom stereocenters. The largest absolute Gasteiger partial charge is 0.394 e. The maximum Gasteiger partial charge on any atom is 0.363 e. The van der Waals surface area contributed by atoms with Gasteiger partial charge in [-0.3, -0.25) is 14.9 Å². The van der Waals surface area contributed by atoms with Crippen molar-refractivity contribution in [3.05, 3.63) is 78.5 Å². The number of aryl methyl sites for hydroxylation is 2. The van der Waals surface area contributed by atoms with Gasteiger partial charge in [-0.15, -0.1) is 0 Å². The summed E-state index contributed by atoms with van der Waals surface area (Å²) in [4.78, 5) is 45.5. The standard InChI is InChI=1S/C23H23N5O8S/c1-11-7-15-16(8-12(11)2)26(9-17(30)20(32)18(31)10-29)21-19(24-15)22(33)27(23(34)25-21)37-14-5-3-13(4-6-14)28(35)36/h3-8,17-18,20,29-32H,9-10H2,1-2H3/t17-,18-,20-/m0/s1. The van der Waals surface area contributed by atoms with Gasteiger partial charge in [0.15, 0.2) is 11.5 Å². The zero-order chi connectivity index (χ0) is 27.0. The molecule has 0 spiro atoms. The molecule has 0 aliphatic carbocycles. The summed E-state index contributed by atoms with van der Waals surface area (Å²) in [5, 5.41) is 50.5. The van der Waals surface area contributed by atoms with Crippen molar-refractivity contribution in [1.82, 2.24) is 18.5 Å². The smallest absolute Gasteiger partial charge is 0.363 e. The predicted octanol–water partition coefficient (Wildman–Crippen LogP) is 0.213. The molecule has 0 fully saturated rings. The van der Waals surface area contributed by atoms with Gasteiger partial charge in [-0.05, 0) is 49.2 Å². The van der Waals surface area contributed by atoms with Gasteiger partial charge in [-0.2, -0.15) is 8.96 Å². The molecule has 0 saturated carbocycles. The van der Waals surface area contributed by atoms with Crippen LogP contribution >= 0.6 is 11.9 Å². The van der Waals surface area contributed by atoms with Crippen LogP contribution in [0.25, 0.3) is 22.6 Å². The number of hydrogen-bond donors (Lipinski definition) is 4. The quantitative estimate of drug-likeness (QED) is 0.138. The fourth-order valence-electron chi connectivity index (χ4n) is 3.74. The minimum Gasteiger partial charge on any atom is -0.394 e. The van der Waals surface area contributed by atoms with Crippen LogP contribution in [-0.2, 0) is 6.54 Å². The van der Waals surface area contributed by atoms with Gasteiger partial charge in [0.05, 0.1) is 29.1 Å². The Labute approximate surface area is 212 Å². The maximum absolute atomic E-state index is 13.4. The molecule has 13 nitrogen and oxygen atoms in total. The molecule has 2 aromatic carbocycles. The summed E-state index contributed by atoms with van der Waals surface area (Å²) < 4.78 is 2.14. The van der Waals surface area contributed by atoms with E-state index in [1.807, 2.05) is 13.8 Å². The number of nitrogens with zero attached hydrogens (tertiary/aromatic N) is 5. The molecule has 4 N–H and O–H groups in total. The molecule has 0 saturated heterocycles. The summed E-state index contributed by atoms with van der Waals surface area (Å²) in [5.41, 5.74) is 0.449. The SMILES string of the molecule is Cc1cc2nc3c(=O)n(Sc4ccc([N+](=O)[O-])cc4)c(=O)nc-3n(C[C@H](O)[C@H](O)[C@@H](O)CO)c2cc1C. The fraction of sp³-hybridized carbons (Fsp3) is 0.304. The van der Waals surface area contributed by atoms with Crippen molar-refractivity contribution in [2.24, 2.45) is 0 Å². The molecular weight excluding hydrogens is 506 g/mol. The zero-order valence-corrected chi connectivity index (χ0v) is 20.5. The van der Waals surface area contributed by atoms with Crippen LogP contribution in [0.4, 0.5) is 5.69 Å². The molecule has 14 heteroatoms. The lowest BCUT2D eigenvalue weighted by molar-refractivity contribution is -0.384. The molecular formula is C23H23N5O8S. The van der Waals surface area contributed by atoms with Crippen molar-refractivity contribution >= 4 is 28.7 Å². The van der Waals surface area contributed by atoms with Crippen LogP contribution in [0.5, 0.6) is 0 Å². The van der Waals surface area contributed by atoms with Gasteiger partial charge in [-0.25, -0.2) is 9.78 Å². The van der Waals surface area contributed by atoms with Crippen molar-refractivity contribution in [3.63, 3.8) is 0 Å². The molecule has 4 rings (SSSR count). The van der Waals surface area contributed by atoms with Crippen LogP contribution < -0.4 is 11.2 Å². The Balaban J connectivity index is 1.89. The first-order chi connectivity index (χ1) is 17.5. The topological polar surface area (TPSA) is 194 Å². The molecule has 2 heterocycles. The number of benzene rings is 2. The van der Waals surface area contributed by atoms with E-state index in [1.54, 1.807) is 12.1 Å². The highest BCUT2D eigenvalue weighted by Gasteiger charge is 2.28. The molecule has 2 aliphatic heterocycles. The molecule has 0 bridgehead atoms. The number of aromatic nitrogens is 4. The summed E-state index contributed by atoms with van der Waals surface area (Å²) in [6.45, 7) is 2.53. The third-order valence-electron chi connectivity index (χ3n) is 5.93. The molecule has 37 heavy (non-hydrogen) atoms. The number of hydrogen-bond acceptors (Lipinski definition) is 11. The summed E-state index contributed by atoms with van der Waals surface area (Å²) in [6, 6.07) is 8.73. The first kappa shape index (κ1) is 26.4. The van der Waals surface area contributed by atoms with Gasteiger partial charge in [0.25, 0.3) is 11.2 Å². The number of aliphatic hydroxyl groups excluding tert-OH is 4. The Kier molecular flexibility index (Phi) is 7.38. The van der Waals surface area contributed by atoms with Crippen LogP contribution in [0.1, 0.15) is 11.1 Å². The molecule has 0 radical (unpaired) electrons. The predicted molar refractivity (Wildman–Crippen MR) is 134 cm³/mol. The third kappa shape index (κ3) is 5.10. The minimum atomic E-state index is -1.72. The lowest BCUT2D eigenvalue weighted by atomic mass is 10.1. The number of nitro groups is 1. The first-order valence-electron chi connectivity index (χ1n) is 11.0. The highest BCUT2D eigenvalue weighted by molar-refractivity contribution is 7.97. The molecule has 2 aromatic rings. The van der Waals surface area contributed by atoms with E-state index in [2.05, 4.69) is 9.97 Å². The van der Waals surface area contributed by atoms with Crippen molar-refractivity contribution in [2.75, 3.05) is 6.61 Å². The van der Waals surface area contributed by atoms with Gasteiger partial charge < -0.3 is 25.0 Å². The van der Waals surface area contributed by atoms with E-state index in [0.29, 0.717) is 15.9 Å². The van der Waals surface area contributed by atoms with Crippen molar-refractivity contribution in [1.29, 1.82) is 0 Å². The van der Waals surface area contributed by atoms with Gasteiger partial charge in [-0.1, -0.05) is 0 Å². The average Bonchev–Trinajstić information content (AvgIpc) is 2.87. The van der Waals surface area contributed by atoms with E-state index in [0.717, 1.165) is 27.0 Å². The van der Waals surface area contributed by atoms with Gasteiger partial charge in [0, 0.05) is 29.0 Å². The Bertz CT molecular complexity index is 1570. The Morgan fingerprint density at radius 2 is 1.68 bits per heavy atom. The number of fused-ring (bicyclic) bond motifs is 2. The number of non-ortho nitro benzene ring substituents is 1. The van der Waals surface area contributed by atoms with Crippen LogP contribution in [0.2, 0.25) is 0 Å². The second-order valence-corrected chi connectivity index (χ2v) is 9.48. The van der Waals surface area contributed by atoms with Crippen LogP contribution in [0.3, 0.4) is 0 Å². The van der Waals surface area contributed by atoms with E-state index in [9.17, 15) is 35.0 Å². The van der Waals surface area contributed by atoms with Crippen molar-refractivity contribution in [3.8, 4) is 11.5 Å². The highest BCUT2D eigenvalue weighted by Crippen LogP contribution is 2.26.